The molecule has 0 aromatic rings. The summed E-state index contributed by atoms with van der Waals surface area (Å²) in [6, 6.07) is 0. The second-order valence-corrected chi connectivity index (χ2v) is 19.1. The molecule has 0 saturated carbocycles. The molecule has 0 aromatic heterocycles. The van der Waals surface area contributed by atoms with Crippen LogP contribution in [0.4, 0.5) is 0 Å². The minimum absolute atomic E-state index is 0.163. The average molecular weight is 973 g/mol. The number of allylic oxidation sites excluding steroid dienone is 4. The van der Waals surface area contributed by atoms with Gasteiger partial charge in [-0.25, -0.2) is 0 Å². The highest BCUT2D eigenvalue weighted by molar-refractivity contribution is 5.70. The van der Waals surface area contributed by atoms with E-state index < -0.39 is 92.7 Å². The quantitative estimate of drug-likeness (QED) is 0.0175. The van der Waals surface area contributed by atoms with Crippen molar-refractivity contribution in [3.05, 3.63) is 24.3 Å². The van der Waals surface area contributed by atoms with E-state index in [0.717, 1.165) is 57.8 Å². The highest BCUT2D eigenvalue weighted by Gasteiger charge is 2.47. The molecule has 0 bridgehead atoms. The Morgan fingerprint density at radius 2 is 0.882 bits per heavy atom. The standard InChI is InChI=1S/C53H96O15/c1-3-5-7-9-11-13-15-17-18-19-20-21-22-24-26-28-30-32-34-36-45(56)66-41(38-63-44(55)35-33-31-29-27-25-23-16-14-12-10-8-6-4-2)39-64-52-51(62)49(60)47(58)43(68-52)40-65-53-50(61)48(59)46(57)42(37-54)67-53/h11,13,17-18,41-43,46-54,57-62H,3-10,12,14-16,19-40H2,1-2H3/b13-11-,18-17-. The van der Waals surface area contributed by atoms with Crippen molar-refractivity contribution in [1.29, 1.82) is 0 Å². The SMILES string of the molecule is CCCCC/C=C\C/C=C\CCCCCCCCCCCC(=O)OC(COC(=O)CCCCCCCCCCCCCCC)COC1OC(COC2OC(CO)C(O)C(O)C2O)C(O)C(O)C1O. The highest BCUT2D eigenvalue weighted by Crippen LogP contribution is 2.26. The first-order valence-electron chi connectivity index (χ1n) is 26.9. The topological polar surface area (TPSA) is 231 Å². The Morgan fingerprint density at radius 1 is 0.471 bits per heavy atom. The van der Waals surface area contributed by atoms with Gasteiger partial charge in [-0.3, -0.25) is 9.59 Å². The fourth-order valence-electron chi connectivity index (χ4n) is 8.48. The molecule has 68 heavy (non-hydrogen) atoms. The van der Waals surface area contributed by atoms with Gasteiger partial charge in [0, 0.05) is 12.8 Å². The third kappa shape index (κ3) is 28.1. The van der Waals surface area contributed by atoms with Gasteiger partial charge in [0.2, 0.25) is 0 Å². The molecule has 0 radical (unpaired) electrons. The predicted molar refractivity (Wildman–Crippen MR) is 261 cm³/mol. The molecule has 7 N–H and O–H groups in total. The Hall–Kier alpha value is -2.02. The highest BCUT2D eigenvalue weighted by atomic mass is 16.7. The summed E-state index contributed by atoms with van der Waals surface area (Å²) in [6.45, 7) is 2.58. The summed E-state index contributed by atoms with van der Waals surface area (Å²) < 4.78 is 33.6. The summed E-state index contributed by atoms with van der Waals surface area (Å²) in [5.74, 6) is -0.921. The van der Waals surface area contributed by atoms with Crippen molar-refractivity contribution in [1.82, 2.24) is 0 Å². The van der Waals surface area contributed by atoms with Crippen molar-refractivity contribution in [2.45, 2.75) is 274 Å². The first-order chi connectivity index (χ1) is 33.0. The van der Waals surface area contributed by atoms with Crippen LogP contribution in [0.5, 0.6) is 0 Å². The number of ether oxygens (including phenoxy) is 6. The van der Waals surface area contributed by atoms with Crippen LogP contribution >= 0.6 is 0 Å². The van der Waals surface area contributed by atoms with Crippen LogP contribution in [0.3, 0.4) is 0 Å². The van der Waals surface area contributed by atoms with Crippen LogP contribution < -0.4 is 0 Å². The molecule has 15 nitrogen and oxygen atoms in total. The van der Waals surface area contributed by atoms with Crippen LogP contribution in [-0.2, 0) is 38.0 Å². The van der Waals surface area contributed by atoms with E-state index in [1.54, 1.807) is 0 Å². The zero-order chi connectivity index (χ0) is 49.6. The Kier molecular flexibility index (Phi) is 37.0. The van der Waals surface area contributed by atoms with Gasteiger partial charge in [0.15, 0.2) is 18.7 Å². The summed E-state index contributed by atoms with van der Waals surface area (Å²) in [7, 11) is 0. The van der Waals surface area contributed by atoms with Crippen LogP contribution in [0, 0.1) is 0 Å². The molecule has 2 heterocycles. The third-order valence-corrected chi connectivity index (χ3v) is 12.9. The number of unbranched alkanes of at least 4 members (excludes halogenated alkanes) is 24. The minimum Gasteiger partial charge on any atom is -0.462 e. The summed E-state index contributed by atoms with van der Waals surface area (Å²) in [6.07, 6.45) is 24.8. The molecule has 398 valence electrons. The van der Waals surface area contributed by atoms with E-state index in [2.05, 4.69) is 38.2 Å². The van der Waals surface area contributed by atoms with Crippen LogP contribution in [0.25, 0.3) is 0 Å². The van der Waals surface area contributed by atoms with Gasteiger partial charge in [-0.1, -0.05) is 173 Å². The Balaban J connectivity index is 1.78. The predicted octanol–water partition coefficient (Wildman–Crippen LogP) is 7.94. The largest absolute Gasteiger partial charge is 0.462 e. The summed E-state index contributed by atoms with van der Waals surface area (Å²) in [4.78, 5) is 25.8. The van der Waals surface area contributed by atoms with Crippen LogP contribution in [0.2, 0.25) is 0 Å². The number of aliphatic hydroxyl groups is 7. The summed E-state index contributed by atoms with van der Waals surface area (Å²) in [5, 5.41) is 72.1. The molecule has 11 atom stereocenters. The summed E-state index contributed by atoms with van der Waals surface area (Å²) >= 11 is 0. The van der Waals surface area contributed by atoms with E-state index in [1.807, 2.05) is 0 Å². The lowest BCUT2D eigenvalue weighted by molar-refractivity contribution is -0.332. The van der Waals surface area contributed by atoms with Gasteiger partial charge < -0.3 is 64.2 Å². The van der Waals surface area contributed by atoms with Gasteiger partial charge in [-0.2, -0.15) is 0 Å². The second-order valence-electron chi connectivity index (χ2n) is 19.1. The van der Waals surface area contributed by atoms with E-state index in [-0.39, 0.29) is 26.1 Å². The number of carbonyl (C=O) groups excluding carboxylic acids is 2. The lowest BCUT2D eigenvalue weighted by Gasteiger charge is -2.42. The fraction of sp³-hybridized carbons (Fsp3) is 0.887. The molecular formula is C53H96O15. The van der Waals surface area contributed by atoms with Crippen molar-refractivity contribution < 1.29 is 73.8 Å². The Morgan fingerprint density at radius 3 is 1.40 bits per heavy atom. The van der Waals surface area contributed by atoms with Gasteiger partial charge in [-0.15, -0.1) is 0 Å². The van der Waals surface area contributed by atoms with Crippen molar-refractivity contribution >= 4 is 11.9 Å². The summed E-state index contributed by atoms with van der Waals surface area (Å²) in [5.41, 5.74) is 0. The molecule has 11 unspecified atom stereocenters. The van der Waals surface area contributed by atoms with Gasteiger partial charge >= 0.3 is 11.9 Å². The zero-order valence-electron chi connectivity index (χ0n) is 42.1. The number of rotatable bonds is 42. The third-order valence-electron chi connectivity index (χ3n) is 12.9. The molecule has 2 aliphatic rings. The molecule has 0 aliphatic carbocycles. The molecule has 0 aromatic carbocycles. The first-order valence-corrected chi connectivity index (χ1v) is 26.9. The van der Waals surface area contributed by atoms with Crippen molar-refractivity contribution in [3.8, 4) is 0 Å². The Bertz CT molecular complexity index is 1280. The lowest BCUT2D eigenvalue weighted by Crippen LogP contribution is -2.61. The van der Waals surface area contributed by atoms with Crippen LogP contribution in [0.1, 0.15) is 206 Å². The van der Waals surface area contributed by atoms with E-state index >= 15 is 0 Å². The number of carbonyl (C=O) groups is 2. The van der Waals surface area contributed by atoms with Gasteiger partial charge in [0.25, 0.3) is 0 Å². The molecule has 2 saturated heterocycles. The first kappa shape index (κ1) is 62.1. The second kappa shape index (κ2) is 40.6. The fourth-order valence-corrected chi connectivity index (χ4v) is 8.48. The van der Waals surface area contributed by atoms with E-state index in [0.29, 0.717) is 12.8 Å². The van der Waals surface area contributed by atoms with E-state index in [1.165, 1.54) is 109 Å². The molecular weight excluding hydrogens is 877 g/mol. The molecule has 0 amide bonds. The maximum absolute atomic E-state index is 13.0. The number of esters is 2. The van der Waals surface area contributed by atoms with Crippen LogP contribution in [-0.4, -0.2) is 142 Å². The number of aliphatic hydroxyl groups excluding tert-OH is 7. The maximum atomic E-state index is 13.0. The van der Waals surface area contributed by atoms with E-state index in [9.17, 15) is 45.3 Å². The molecule has 2 fully saturated rings. The number of hydrogen-bond acceptors (Lipinski definition) is 15. The van der Waals surface area contributed by atoms with Crippen molar-refractivity contribution in [2.24, 2.45) is 0 Å². The maximum Gasteiger partial charge on any atom is 0.306 e. The smallest absolute Gasteiger partial charge is 0.306 e. The molecule has 15 heteroatoms. The van der Waals surface area contributed by atoms with Crippen molar-refractivity contribution in [2.75, 3.05) is 26.4 Å². The molecule has 0 spiro atoms. The zero-order valence-corrected chi connectivity index (χ0v) is 42.1. The minimum atomic E-state index is -1.76. The monoisotopic (exact) mass is 973 g/mol. The molecule has 2 rings (SSSR count). The van der Waals surface area contributed by atoms with Gasteiger partial charge in [0.05, 0.1) is 19.8 Å². The van der Waals surface area contributed by atoms with Gasteiger partial charge in [-0.05, 0) is 44.9 Å². The normalized spacial score (nSPS) is 25.9. The average Bonchev–Trinajstić information content (AvgIpc) is 3.33. The Labute approximate surface area is 409 Å². The number of hydrogen-bond donors (Lipinski definition) is 7. The van der Waals surface area contributed by atoms with Crippen molar-refractivity contribution in [3.63, 3.8) is 0 Å². The van der Waals surface area contributed by atoms with E-state index in [4.69, 9.17) is 28.4 Å². The van der Waals surface area contributed by atoms with Crippen LogP contribution in [0.15, 0.2) is 24.3 Å². The lowest BCUT2D eigenvalue weighted by atomic mass is 9.98. The molecule has 2 aliphatic heterocycles. The van der Waals surface area contributed by atoms with Gasteiger partial charge in [0.1, 0.15) is 55.4 Å².